The van der Waals surface area contributed by atoms with Crippen LogP contribution in [-0.4, -0.2) is 115 Å². The first kappa shape index (κ1) is 21.1. The van der Waals surface area contributed by atoms with Gasteiger partial charge in [-0.25, -0.2) is 0 Å². The van der Waals surface area contributed by atoms with E-state index in [9.17, 15) is 30.6 Å². The van der Waals surface area contributed by atoms with Gasteiger partial charge in [0.2, 0.25) is 0 Å². The van der Waals surface area contributed by atoms with Gasteiger partial charge in [-0.05, 0) is 0 Å². The summed E-state index contributed by atoms with van der Waals surface area (Å²) in [5, 5.41) is 79.2. The van der Waals surface area contributed by atoms with E-state index in [1.54, 1.807) is 0 Å². The van der Waals surface area contributed by atoms with Gasteiger partial charge in [-0.3, -0.25) is 0 Å². The van der Waals surface area contributed by atoms with Crippen LogP contribution in [-0.2, 0) is 9.47 Å². The molecular weight excluding hydrogens is 332 g/mol. The number of hydrogen-bond acceptors (Lipinski definition) is 12. The van der Waals surface area contributed by atoms with Gasteiger partial charge < -0.3 is 56.2 Å². The molecule has 1 rings (SSSR count). The van der Waals surface area contributed by atoms with Crippen molar-refractivity contribution in [2.75, 3.05) is 13.2 Å². The van der Waals surface area contributed by atoms with Crippen LogP contribution in [0.3, 0.4) is 0 Å². The number of rotatable bonds is 8. The third kappa shape index (κ3) is 4.80. The lowest BCUT2D eigenvalue weighted by atomic mass is 9.99. The van der Waals surface area contributed by atoms with E-state index in [1.807, 2.05) is 0 Å². The minimum Gasteiger partial charge on any atom is -0.394 e. The van der Waals surface area contributed by atoms with E-state index in [2.05, 4.69) is 5.10 Å². The van der Waals surface area contributed by atoms with Crippen LogP contribution in [0.15, 0.2) is 5.10 Å². The summed E-state index contributed by atoms with van der Waals surface area (Å²) in [6.07, 6.45) is -13.9. The molecule has 0 aromatic heterocycles. The number of ether oxygens (including phenoxy) is 2. The second-order valence-corrected chi connectivity index (χ2v) is 5.33. The summed E-state index contributed by atoms with van der Waals surface area (Å²) in [5.41, 5.74) is 0. The summed E-state index contributed by atoms with van der Waals surface area (Å²) in [7, 11) is 0. The Balaban J connectivity index is 2.87. The molecule has 9 atom stereocenters. The molecule has 24 heavy (non-hydrogen) atoms. The van der Waals surface area contributed by atoms with Crippen LogP contribution < -0.4 is 5.84 Å². The second-order valence-electron chi connectivity index (χ2n) is 5.33. The Kier molecular flexibility index (Phi) is 8.38. The van der Waals surface area contributed by atoms with Crippen LogP contribution in [0, 0.1) is 0 Å². The van der Waals surface area contributed by atoms with Crippen LogP contribution in [0.4, 0.5) is 0 Å². The van der Waals surface area contributed by atoms with Gasteiger partial charge in [0.1, 0.15) is 48.8 Å². The molecule has 1 aliphatic heterocycles. The first-order valence-corrected chi connectivity index (χ1v) is 7.12. The van der Waals surface area contributed by atoms with Crippen LogP contribution >= 0.6 is 0 Å². The normalized spacial score (nSPS) is 36.4. The van der Waals surface area contributed by atoms with E-state index >= 15 is 0 Å². The maximum absolute atomic E-state index is 9.98. The van der Waals surface area contributed by atoms with E-state index < -0.39 is 68.3 Å². The molecule has 0 amide bonds. The summed E-state index contributed by atoms with van der Waals surface area (Å²) in [6, 6.07) is 0. The van der Waals surface area contributed by atoms with Gasteiger partial charge >= 0.3 is 0 Å². The SMILES string of the molecule is N/N=C/[C@H](O[C@H]1O[C@H](CO)[C@H](O)[C@@H](O)[C@@H]1O)[C@@H](O)[C@H](O)[C@H](O)CO. The van der Waals surface area contributed by atoms with Crippen molar-refractivity contribution in [1.82, 2.24) is 0 Å². The third-order valence-electron chi connectivity index (χ3n) is 3.64. The van der Waals surface area contributed by atoms with Gasteiger partial charge in [0.15, 0.2) is 6.29 Å². The quantitative estimate of drug-likeness (QED) is 0.113. The Morgan fingerprint density at radius 2 is 1.67 bits per heavy atom. The molecule has 10 N–H and O–H groups in total. The van der Waals surface area contributed by atoms with Crippen molar-refractivity contribution < 1.29 is 50.3 Å². The molecule has 0 radical (unpaired) electrons. The van der Waals surface area contributed by atoms with Crippen LogP contribution in [0.5, 0.6) is 0 Å². The lowest BCUT2D eigenvalue weighted by Crippen LogP contribution is -2.60. The summed E-state index contributed by atoms with van der Waals surface area (Å²) in [6.45, 7) is -1.53. The van der Waals surface area contributed by atoms with Gasteiger partial charge in [-0.1, -0.05) is 0 Å². The van der Waals surface area contributed by atoms with Gasteiger partial charge in [0, 0.05) is 0 Å². The Labute approximate surface area is 137 Å². The van der Waals surface area contributed by atoms with Gasteiger partial charge in [-0.2, -0.15) is 5.10 Å². The molecule has 1 fully saturated rings. The van der Waals surface area contributed by atoms with E-state index in [1.165, 1.54) is 0 Å². The molecule has 142 valence electrons. The van der Waals surface area contributed by atoms with Crippen molar-refractivity contribution in [2.24, 2.45) is 10.9 Å². The van der Waals surface area contributed by atoms with E-state index in [0.29, 0.717) is 0 Å². The maximum atomic E-state index is 9.98. The lowest BCUT2D eigenvalue weighted by molar-refractivity contribution is -0.312. The molecule has 1 heterocycles. The van der Waals surface area contributed by atoms with Crippen LogP contribution in [0.1, 0.15) is 0 Å². The molecule has 0 aromatic carbocycles. The smallest absolute Gasteiger partial charge is 0.187 e. The molecular formula is C12H24N2O10. The average Bonchev–Trinajstić information content (AvgIpc) is 2.59. The van der Waals surface area contributed by atoms with Crippen molar-refractivity contribution in [3.8, 4) is 0 Å². The molecule has 12 heteroatoms. The van der Waals surface area contributed by atoms with E-state index in [0.717, 1.165) is 6.21 Å². The van der Waals surface area contributed by atoms with Gasteiger partial charge in [-0.15, -0.1) is 0 Å². The minimum atomic E-state index is -1.84. The molecule has 0 bridgehead atoms. The molecule has 1 saturated heterocycles. The van der Waals surface area contributed by atoms with Crippen molar-refractivity contribution in [2.45, 2.75) is 55.1 Å². The van der Waals surface area contributed by atoms with E-state index in [-0.39, 0.29) is 0 Å². The summed E-state index contributed by atoms with van der Waals surface area (Å²) in [5.74, 6) is 4.97. The van der Waals surface area contributed by atoms with Gasteiger partial charge in [0.25, 0.3) is 0 Å². The van der Waals surface area contributed by atoms with Crippen LogP contribution in [0.2, 0.25) is 0 Å². The molecule has 0 spiro atoms. The highest BCUT2D eigenvalue weighted by molar-refractivity contribution is 5.63. The molecule has 0 aromatic rings. The highest BCUT2D eigenvalue weighted by atomic mass is 16.7. The number of hydrogen-bond donors (Lipinski definition) is 9. The fourth-order valence-corrected chi connectivity index (χ4v) is 2.15. The Morgan fingerprint density at radius 1 is 1.04 bits per heavy atom. The summed E-state index contributed by atoms with van der Waals surface area (Å²) >= 11 is 0. The molecule has 0 saturated carbocycles. The lowest BCUT2D eigenvalue weighted by Gasteiger charge is -2.41. The average molecular weight is 356 g/mol. The first-order valence-electron chi connectivity index (χ1n) is 7.12. The second kappa shape index (κ2) is 9.53. The zero-order chi connectivity index (χ0) is 18.4. The van der Waals surface area contributed by atoms with Crippen molar-refractivity contribution in [1.29, 1.82) is 0 Å². The number of aliphatic hydroxyl groups excluding tert-OH is 8. The number of aliphatic hydroxyl groups is 8. The molecule has 0 aliphatic carbocycles. The zero-order valence-corrected chi connectivity index (χ0v) is 12.6. The topological polar surface area (TPSA) is 219 Å². The Bertz CT molecular complexity index is 398. The van der Waals surface area contributed by atoms with Crippen molar-refractivity contribution in [3.05, 3.63) is 0 Å². The summed E-state index contributed by atoms with van der Waals surface area (Å²) < 4.78 is 10.3. The zero-order valence-electron chi connectivity index (χ0n) is 12.6. The van der Waals surface area contributed by atoms with Crippen molar-refractivity contribution in [3.63, 3.8) is 0 Å². The highest BCUT2D eigenvalue weighted by Crippen LogP contribution is 2.23. The first-order chi connectivity index (χ1) is 11.3. The maximum Gasteiger partial charge on any atom is 0.187 e. The molecule has 0 unspecified atom stereocenters. The van der Waals surface area contributed by atoms with Crippen LogP contribution in [0.25, 0.3) is 0 Å². The molecule has 1 aliphatic rings. The largest absolute Gasteiger partial charge is 0.394 e. The fourth-order valence-electron chi connectivity index (χ4n) is 2.15. The van der Waals surface area contributed by atoms with Crippen molar-refractivity contribution >= 4 is 6.21 Å². The van der Waals surface area contributed by atoms with E-state index in [4.69, 9.17) is 25.5 Å². The number of nitrogens with two attached hydrogens (primary N) is 1. The number of hydrazone groups is 1. The predicted molar refractivity (Wildman–Crippen MR) is 76.4 cm³/mol. The Hall–Kier alpha value is -0.930. The number of nitrogens with zero attached hydrogens (tertiary/aromatic N) is 1. The highest BCUT2D eigenvalue weighted by Gasteiger charge is 2.45. The molecule has 12 nitrogen and oxygen atoms in total. The summed E-state index contributed by atoms with van der Waals surface area (Å²) in [4.78, 5) is 0. The van der Waals surface area contributed by atoms with Gasteiger partial charge in [0.05, 0.1) is 19.4 Å². The fraction of sp³-hybridized carbons (Fsp3) is 0.917. The predicted octanol–water partition coefficient (Wildman–Crippen LogP) is -5.81. The monoisotopic (exact) mass is 356 g/mol. The minimum absolute atomic E-state index is 0.686. The third-order valence-corrected chi connectivity index (χ3v) is 3.64. The standard InChI is InChI=1S/C12H24N2O10/c13-14-1-5(8(19)7(18)4(17)2-15)23-12-11(22)10(21)9(20)6(3-16)24-12/h1,4-12,15-22H,2-3,13H2/b14-1+/t4-,5+,6-,7-,8-,9+,10-,11+,12+/m1/s1. The Morgan fingerprint density at radius 3 is 2.17 bits per heavy atom.